The molecule has 98 valence electrons. The molecule has 17 heavy (non-hydrogen) atoms. The molecule has 3 atom stereocenters. The monoisotopic (exact) mass is 244 g/mol. The number of carbonyl (C=O) groups excluding carboxylic acids is 1. The number of nitrogens with one attached hydrogen (secondary N) is 1. The van der Waals surface area contributed by atoms with Gasteiger partial charge in [-0.1, -0.05) is 0 Å². The summed E-state index contributed by atoms with van der Waals surface area (Å²) < 4.78 is 16.4. The zero-order valence-electron chi connectivity index (χ0n) is 9.89. The van der Waals surface area contributed by atoms with Crippen molar-refractivity contribution in [2.75, 3.05) is 26.4 Å². The number of hydrazine groups is 1. The van der Waals surface area contributed by atoms with Crippen molar-refractivity contribution in [1.29, 1.82) is 0 Å². The van der Waals surface area contributed by atoms with E-state index >= 15 is 0 Å². The minimum Gasteiger partial charge on any atom is -0.381 e. The van der Waals surface area contributed by atoms with Gasteiger partial charge >= 0.3 is 0 Å². The number of amides is 1. The minimum atomic E-state index is -0.414. The zero-order valence-corrected chi connectivity index (χ0v) is 9.89. The van der Waals surface area contributed by atoms with Crippen LogP contribution in [0.5, 0.6) is 0 Å². The SMILES string of the molecule is NNC(=O)C1CCC(COCC2CCOC2)O1. The van der Waals surface area contributed by atoms with Crippen LogP contribution in [0.1, 0.15) is 19.3 Å². The van der Waals surface area contributed by atoms with Gasteiger partial charge in [0.15, 0.2) is 0 Å². The van der Waals surface area contributed by atoms with Gasteiger partial charge in [-0.2, -0.15) is 0 Å². The van der Waals surface area contributed by atoms with Gasteiger partial charge in [0.25, 0.3) is 5.91 Å². The third kappa shape index (κ3) is 3.64. The van der Waals surface area contributed by atoms with Crippen molar-refractivity contribution >= 4 is 5.91 Å². The first-order valence-electron chi connectivity index (χ1n) is 6.11. The molecule has 0 spiro atoms. The van der Waals surface area contributed by atoms with Gasteiger partial charge in [-0.25, -0.2) is 5.84 Å². The van der Waals surface area contributed by atoms with Gasteiger partial charge in [-0.15, -0.1) is 0 Å². The van der Waals surface area contributed by atoms with Gasteiger partial charge in [0.2, 0.25) is 0 Å². The summed E-state index contributed by atoms with van der Waals surface area (Å²) >= 11 is 0. The Balaban J connectivity index is 1.59. The lowest BCUT2D eigenvalue weighted by molar-refractivity contribution is -0.133. The predicted molar refractivity (Wildman–Crippen MR) is 60.0 cm³/mol. The Bertz CT molecular complexity index is 256. The molecule has 0 radical (unpaired) electrons. The smallest absolute Gasteiger partial charge is 0.263 e. The maximum absolute atomic E-state index is 11.2. The van der Waals surface area contributed by atoms with Crippen LogP contribution in [0.15, 0.2) is 0 Å². The highest BCUT2D eigenvalue weighted by Crippen LogP contribution is 2.20. The van der Waals surface area contributed by atoms with E-state index in [1.54, 1.807) is 0 Å². The average Bonchev–Trinajstić information content (AvgIpc) is 2.99. The van der Waals surface area contributed by atoms with Gasteiger partial charge in [-0.05, 0) is 19.3 Å². The highest BCUT2D eigenvalue weighted by Gasteiger charge is 2.30. The first kappa shape index (κ1) is 12.8. The molecule has 0 aromatic heterocycles. The highest BCUT2D eigenvalue weighted by molar-refractivity contribution is 5.80. The number of nitrogens with two attached hydrogens (primary N) is 1. The second kappa shape index (κ2) is 6.30. The molecule has 0 aromatic carbocycles. The van der Waals surface area contributed by atoms with E-state index in [1.807, 2.05) is 0 Å². The van der Waals surface area contributed by atoms with Crippen LogP contribution in [0.2, 0.25) is 0 Å². The topological polar surface area (TPSA) is 82.8 Å². The van der Waals surface area contributed by atoms with Crippen LogP contribution >= 0.6 is 0 Å². The Morgan fingerprint density at radius 1 is 1.35 bits per heavy atom. The zero-order chi connectivity index (χ0) is 12.1. The third-order valence-electron chi connectivity index (χ3n) is 3.22. The van der Waals surface area contributed by atoms with E-state index in [0.29, 0.717) is 25.6 Å². The molecule has 2 aliphatic rings. The van der Waals surface area contributed by atoms with Crippen LogP contribution in [0.3, 0.4) is 0 Å². The number of ether oxygens (including phenoxy) is 3. The molecule has 6 nitrogen and oxygen atoms in total. The Morgan fingerprint density at radius 2 is 2.24 bits per heavy atom. The molecule has 1 amide bonds. The number of carbonyl (C=O) groups is 1. The summed E-state index contributed by atoms with van der Waals surface area (Å²) in [6.45, 7) is 2.90. The van der Waals surface area contributed by atoms with Crippen molar-refractivity contribution in [3.63, 3.8) is 0 Å². The minimum absolute atomic E-state index is 0.0135. The van der Waals surface area contributed by atoms with Crippen LogP contribution in [0.4, 0.5) is 0 Å². The fourth-order valence-corrected chi connectivity index (χ4v) is 2.20. The normalized spacial score (nSPS) is 32.9. The summed E-state index contributed by atoms with van der Waals surface area (Å²) in [4.78, 5) is 11.2. The number of hydrogen-bond acceptors (Lipinski definition) is 5. The van der Waals surface area contributed by atoms with E-state index in [2.05, 4.69) is 5.43 Å². The van der Waals surface area contributed by atoms with E-state index in [1.165, 1.54) is 0 Å². The lowest BCUT2D eigenvalue weighted by Gasteiger charge is -2.14. The molecule has 3 N–H and O–H groups in total. The van der Waals surface area contributed by atoms with Crippen molar-refractivity contribution < 1.29 is 19.0 Å². The molecule has 2 fully saturated rings. The van der Waals surface area contributed by atoms with Crippen LogP contribution in [-0.4, -0.2) is 44.5 Å². The van der Waals surface area contributed by atoms with E-state index < -0.39 is 6.10 Å². The molecule has 2 saturated heterocycles. The largest absolute Gasteiger partial charge is 0.381 e. The second-order valence-corrected chi connectivity index (χ2v) is 4.60. The summed E-state index contributed by atoms with van der Waals surface area (Å²) in [5.74, 6) is 5.32. The fourth-order valence-electron chi connectivity index (χ4n) is 2.20. The Labute approximate surface area is 101 Å². The summed E-state index contributed by atoms with van der Waals surface area (Å²) in [7, 11) is 0. The quantitative estimate of drug-likeness (QED) is 0.390. The van der Waals surface area contributed by atoms with Crippen LogP contribution in [0.25, 0.3) is 0 Å². The van der Waals surface area contributed by atoms with E-state index in [-0.39, 0.29) is 12.0 Å². The van der Waals surface area contributed by atoms with Crippen LogP contribution in [0, 0.1) is 5.92 Å². The lowest BCUT2D eigenvalue weighted by atomic mass is 10.1. The van der Waals surface area contributed by atoms with E-state index in [4.69, 9.17) is 20.1 Å². The van der Waals surface area contributed by atoms with Crippen molar-refractivity contribution in [2.45, 2.75) is 31.5 Å². The second-order valence-electron chi connectivity index (χ2n) is 4.60. The molecule has 0 saturated carbocycles. The molecule has 6 heteroatoms. The number of hydrogen-bond donors (Lipinski definition) is 2. The fraction of sp³-hybridized carbons (Fsp3) is 0.909. The van der Waals surface area contributed by atoms with Gasteiger partial charge < -0.3 is 14.2 Å². The summed E-state index contributed by atoms with van der Waals surface area (Å²) in [6, 6.07) is 0. The molecule has 3 unspecified atom stereocenters. The summed E-state index contributed by atoms with van der Waals surface area (Å²) in [5, 5.41) is 0. The molecular weight excluding hydrogens is 224 g/mol. The van der Waals surface area contributed by atoms with Gasteiger partial charge in [-0.3, -0.25) is 10.2 Å². The first-order valence-corrected chi connectivity index (χ1v) is 6.11. The molecule has 2 heterocycles. The molecule has 2 aliphatic heterocycles. The highest BCUT2D eigenvalue weighted by atomic mass is 16.5. The molecule has 0 bridgehead atoms. The molecule has 0 aromatic rings. The van der Waals surface area contributed by atoms with Gasteiger partial charge in [0.05, 0.1) is 25.9 Å². The van der Waals surface area contributed by atoms with Crippen molar-refractivity contribution in [1.82, 2.24) is 5.43 Å². The van der Waals surface area contributed by atoms with Crippen LogP contribution < -0.4 is 11.3 Å². The number of rotatable bonds is 5. The summed E-state index contributed by atoms with van der Waals surface area (Å²) in [5.41, 5.74) is 2.11. The molecular formula is C11H20N2O4. The van der Waals surface area contributed by atoms with Crippen molar-refractivity contribution in [3.05, 3.63) is 0 Å². The maximum atomic E-state index is 11.2. The Kier molecular flexibility index (Phi) is 4.73. The van der Waals surface area contributed by atoms with Crippen molar-refractivity contribution in [2.24, 2.45) is 11.8 Å². The molecule has 0 aliphatic carbocycles. The van der Waals surface area contributed by atoms with Crippen LogP contribution in [-0.2, 0) is 19.0 Å². The maximum Gasteiger partial charge on any atom is 0.263 e. The Morgan fingerprint density at radius 3 is 2.94 bits per heavy atom. The van der Waals surface area contributed by atoms with Gasteiger partial charge in [0, 0.05) is 12.5 Å². The van der Waals surface area contributed by atoms with E-state index in [0.717, 1.165) is 26.1 Å². The van der Waals surface area contributed by atoms with Crippen molar-refractivity contribution in [3.8, 4) is 0 Å². The summed E-state index contributed by atoms with van der Waals surface area (Å²) in [6.07, 6.45) is 2.23. The van der Waals surface area contributed by atoms with E-state index in [9.17, 15) is 4.79 Å². The first-order chi connectivity index (χ1) is 8.29. The predicted octanol–water partition coefficient (Wildman–Crippen LogP) is -0.423. The average molecular weight is 244 g/mol. The molecule has 2 rings (SSSR count). The Hall–Kier alpha value is -0.690. The van der Waals surface area contributed by atoms with Gasteiger partial charge in [0.1, 0.15) is 6.10 Å². The standard InChI is InChI=1S/C11H20N2O4/c12-13-11(14)10-2-1-9(17-10)7-16-6-8-3-4-15-5-8/h8-10H,1-7,12H2,(H,13,14). The third-order valence-corrected chi connectivity index (χ3v) is 3.22. The lowest BCUT2D eigenvalue weighted by Crippen LogP contribution is -2.39.